The van der Waals surface area contributed by atoms with Crippen molar-refractivity contribution in [3.05, 3.63) is 35.4 Å². The van der Waals surface area contributed by atoms with Gasteiger partial charge in [0.2, 0.25) is 0 Å². The average molecular weight is 232 g/mol. The Morgan fingerprint density at radius 3 is 2.47 bits per heavy atom. The van der Waals surface area contributed by atoms with E-state index < -0.39 is 0 Å². The quantitative estimate of drug-likeness (QED) is 0.738. The Labute approximate surface area is 103 Å². The van der Waals surface area contributed by atoms with E-state index in [1.807, 2.05) is 38.1 Å². The van der Waals surface area contributed by atoms with E-state index in [0.29, 0.717) is 11.5 Å². The standard InChI is InChI=1S/C14H20N2O/c1-11(2)14(17)7-8-16-10-13-5-3-12(9-15)4-6-13/h3-6,11,14,16-17H,7-8,10H2,1-2H3. The minimum atomic E-state index is -0.233. The highest BCUT2D eigenvalue weighted by molar-refractivity contribution is 5.31. The summed E-state index contributed by atoms with van der Waals surface area (Å²) in [6.07, 6.45) is 0.539. The summed E-state index contributed by atoms with van der Waals surface area (Å²) in [7, 11) is 0. The van der Waals surface area contributed by atoms with E-state index in [9.17, 15) is 5.11 Å². The van der Waals surface area contributed by atoms with Crippen molar-refractivity contribution >= 4 is 0 Å². The molecular formula is C14H20N2O. The van der Waals surface area contributed by atoms with Crippen molar-refractivity contribution in [3.63, 3.8) is 0 Å². The van der Waals surface area contributed by atoms with Crippen LogP contribution in [0.4, 0.5) is 0 Å². The van der Waals surface area contributed by atoms with Crippen LogP contribution in [0.3, 0.4) is 0 Å². The first-order chi connectivity index (χ1) is 8.13. The molecule has 3 heteroatoms. The van der Waals surface area contributed by atoms with Crippen molar-refractivity contribution in [1.82, 2.24) is 5.32 Å². The molecule has 0 aliphatic rings. The van der Waals surface area contributed by atoms with Crippen molar-refractivity contribution in [2.75, 3.05) is 6.54 Å². The van der Waals surface area contributed by atoms with Gasteiger partial charge in [-0.05, 0) is 36.6 Å². The largest absolute Gasteiger partial charge is 0.393 e. The topological polar surface area (TPSA) is 56.0 Å². The molecule has 0 aliphatic heterocycles. The van der Waals surface area contributed by atoms with E-state index in [2.05, 4.69) is 11.4 Å². The normalized spacial score (nSPS) is 12.4. The fourth-order valence-corrected chi connectivity index (χ4v) is 1.51. The summed E-state index contributed by atoms with van der Waals surface area (Å²) < 4.78 is 0. The molecule has 0 aliphatic carbocycles. The van der Waals surface area contributed by atoms with E-state index >= 15 is 0 Å². The predicted molar refractivity (Wildman–Crippen MR) is 68.3 cm³/mol. The highest BCUT2D eigenvalue weighted by Gasteiger charge is 2.07. The minimum Gasteiger partial charge on any atom is -0.393 e. The molecule has 1 aromatic carbocycles. The molecule has 0 saturated carbocycles. The second-order valence-corrected chi connectivity index (χ2v) is 4.59. The number of benzene rings is 1. The first-order valence-corrected chi connectivity index (χ1v) is 6.01. The lowest BCUT2D eigenvalue weighted by atomic mass is 10.0. The Hall–Kier alpha value is -1.37. The van der Waals surface area contributed by atoms with Gasteiger partial charge in [0.1, 0.15) is 0 Å². The van der Waals surface area contributed by atoms with Crippen LogP contribution >= 0.6 is 0 Å². The maximum Gasteiger partial charge on any atom is 0.0991 e. The van der Waals surface area contributed by atoms with Crippen molar-refractivity contribution < 1.29 is 5.11 Å². The van der Waals surface area contributed by atoms with Crippen molar-refractivity contribution in [2.45, 2.75) is 32.9 Å². The second kappa shape index (κ2) is 7.05. The molecule has 0 amide bonds. The number of aliphatic hydroxyl groups excluding tert-OH is 1. The van der Waals surface area contributed by atoms with Gasteiger partial charge >= 0.3 is 0 Å². The second-order valence-electron chi connectivity index (χ2n) is 4.59. The SMILES string of the molecule is CC(C)C(O)CCNCc1ccc(C#N)cc1. The maximum absolute atomic E-state index is 9.62. The number of hydrogen-bond donors (Lipinski definition) is 2. The van der Waals surface area contributed by atoms with E-state index in [1.165, 1.54) is 0 Å². The van der Waals surface area contributed by atoms with Gasteiger partial charge in [-0.3, -0.25) is 0 Å². The first-order valence-electron chi connectivity index (χ1n) is 6.01. The molecule has 0 bridgehead atoms. The van der Waals surface area contributed by atoms with Gasteiger partial charge in [-0.2, -0.15) is 5.26 Å². The highest BCUT2D eigenvalue weighted by Crippen LogP contribution is 2.05. The summed E-state index contributed by atoms with van der Waals surface area (Å²) in [4.78, 5) is 0. The molecule has 0 fully saturated rings. The van der Waals surface area contributed by atoms with Crippen molar-refractivity contribution in [1.29, 1.82) is 5.26 Å². The zero-order valence-electron chi connectivity index (χ0n) is 10.5. The van der Waals surface area contributed by atoms with Gasteiger partial charge in [0, 0.05) is 6.54 Å². The lowest BCUT2D eigenvalue weighted by Crippen LogP contribution is -2.23. The van der Waals surface area contributed by atoms with Crippen molar-refractivity contribution in [3.8, 4) is 6.07 Å². The molecule has 0 saturated heterocycles. The van der Waals surface area contributed by atoms with Crippen LogP contribution in [0.15, 0.2) is 24.3 Å². The van der Waals surface area contributed by atoms with Crippen LogP contribution in [0.1, 0.15) is 31.4 Å². The van der Waals surface area contributed by atoms with Gasteiger partial charge in [-0.25, -0.2) is 0 Å². The number of nitriles is 1. The Bertz CT molecular complexity index is 365. The molecule has 1 aromatic rings. The Balaban J connectivity index is 2.24. The van der Waals surface area contributed by atoms with Crippen LogP contribution in [0.5, 0.6) is 0 Å². The molecule has 3 nitrogen and oxygen atoms in total. The van der Waals surface area contributed by atoms with Crippen LogP contribution in [-0.2, 0) is 6.54 Å². The zero-order valence-corrected chi connectivity index (χ0v) is 10.5. The summed E-state index contributed by atoms with van der Waals surface area (Å²) >= 11 is 0. The molecular weight excluding hydrogens is 212 g/mol. The highest BCUT2D eigenvalue weighted by atomic mass is 16.3. The summed E-state index contributed by atoms with van der Waals surface area (Å²) in [5.41, 5.74) is 1.84. The fraction of sp³-hybridized carbons (Fsp3) is 0.500. The van der Waals surface area contributed by atoms with E-state index in [-0.39, 0.29) is 6.10 Å². The van der Waals surface area contributed by atoms with Gasteiger partial charge in [0.05, 0.1) is 17.7 Å². The van der Waals surface area contributed by atoms with Crippen LogP contribution in [0, 0.1) is 17.2 Å². The third-order valence-electron chi connectivity index (χ3n) is 2.80. The van der Waals surface area contributed by atoms with Crippen LogP contribution in [-0.4, -0.2) is 17.8 Å². The third-order valence-corrected chi connectivity index (χ3v) is 2.80. The van der Waals surface area contributed by atoms with Crippen molar-refractivity contribution in [2.24, 2.45) is 5.92 Å². The average Bonchev–Trinajstić information content (AvgIpc) is 2.35. The number of aliphatic hydroxyl groups is 1. The summed E-state index contributed by atoms with van der Waals surface area (Å²) in [5, 5.41) is 21.6. The number of nitrogens with one attached hydrogen (secondary N) is 1. The summed E-state index contributed by atoms with van der Waals surface area (Å²) in [6, 6.07) is 9.63. The van der Waals surface area contributed by atoms with Crippen LogP contribution in [0.2, 0.25) is 0 Å². The fourth-order valence-electron chi connectivity index (χ4n) is 1.51. The van der Waals surface area contributed by atoms with Gasteiger partial charge in [-0.1, -0.05) is 26.0 Å². The molecule has 0 heterocycles. The molecule has 0 spiro atoms. The molecule has 17 heavy (non-hydrogen) atoms. The Morgan fingerprint density at radius 1 is 1.29 bits per heavy atom. The van der Waals surface area contributed by atoms with E-state index in [1.54, 1.807) is 0 Å². The Kier molecular flexibility index (Phi) is 5.68. The van der Waals surface area contributed by atoms with Gasteiger partial charge in [0.15, 0.2) is 0 Å². The molecule has 0 radical (unpaired) electrons. The number of hydrogen-bond acceptors (Lipinski definition) is 3. The minimum absolute atomic E-state index is 0.233. The molecule has 0 aromatic heterocycles. The van der Waals surface area contributed by atoms with Crippen LogP contribution < -0.4 is 5.32 Å². The van der Waals surface area contributed by atoms with Gasteiger partial charge in [0.25, 0.3) is 0 Å². The van der Waals surface area contributed by atoms with E-state index in [4.69, 9.17) is 5.26 Å². The van der Waals surface area contributed by atoms with Gasteiger partial charge in [-0.15, -0.1) is 0 Å². The van der Waals surface area contributed by atoms with Gasteiger partial charge < -0.3 is 10.4 Å². The molecule has 92 valence electrons. The molecule has 1 atom stereocenters. The monoisotopic (exact) mass is 232 g/mol. The lowest BCUT2D eigenvalue weighted by Gasteiger charge is -2.14. The number of nitrogens with zero attached hydrogens (tertiary/aromatic N) is 1. The summed E-state index contributed by atoms with van der Waals surface area (Å²) in [5.74, 6) is 0.312. The molecule has 1 unspecified atom stereocenters. The molecule has 2 N–H and O–H groups in total. The predicted octanol–water partition coefficient (Wildman–Crippen LogP) is 2.05. The summed E-state index contributed by atoms with van der Waals surface area (Å²) in [6.45, 7) is 5.62. The van der Waals surface area contributed by atoms with E-state index in [0.717, 1.165) is 25.1 Å². The first kappa shape index (κ1) is 13.7. The number of rotatable bonds is 6. The third kappa shape index (κ3) is 4.99. The van der Waals surface area contributed by atoms with Crippen LogP contribution in [0.25, 0.3) is 0 Å². The smallest absolute Gasteiger partial charge is 0.0991 e. The lowest BCUT2D eigenvalue weighted by molar-refractivity contribution is 0.116. The Morgan fingerprint density at radius 2 is 1.94 bits per heavy atom. The maximum atomic E-state index is 9.62. The molecule has 1 rings (SSSR count). The zero-order chi connectivity index (χ0) is 12.7.